The van der Waals surface area contributed by atoms with Crippen LogP contribution in [0.25, 0.3) is 44.1 Å². The molecule has 2 heterocycles. The molecule has 170 valence electrons. The number of rotatable bonds is 6. The van der Waals surface area contributed by atoms with E-state index < -0.39 is 0 Å². The maximum absolute atomic E-state index is 10.2. The second kappa shape index (κ2) is 8.83. The van der Waals surface area contributed by atoms with Crippen molar-refractivity contribution in [2.24, 2.45) is 0 Å². The monoisotopic (exact) mass is 474 g/mol. The van der Waals surface area contributed by atoms with Crippen molar-refractivity contribution in [2.45, 2.75) is 0 Å². The quantitative estimate of drug-likeness (QED) is 0.349. The fourth-order valence-electron chi connectivity index (χ4n) is 3.32. The van der Waals surface area contributed by atoms with Crippen molar-refractivity contribution >= 4 is 11.3 Å². The van der Waals surface area contributed by atoms with E-state index in [-0.39, 0.29) is 17.4 Å². The Hall–Kier alpha value is -4.44. The van der Waals surface area contributed by atoms with Crippen molar-refractivity contribution in [3.05, 3.63) is 60.7 Å². The zero-order valence-electron chi connectivity index (χ0n) is 18.1. The lowest BCUT2D eigenvalue weighted by atomic mass is 10.1. The predicted molar refractivity (Wildman–Crippen MR) is 126 cm³/mol. The molecular formula is C24H18N4O5S. The van der Waals surface area contributed by atoms with Crippen LogP contribution in [0, 0.1) is 0 Å². The number of methoxy groups -OCH3 is 2. The van der Waals surface area contributed by atoms with Crippen LogP contribution in [0.2, 0.25) is 0 Å². The van der Waals surface area contributed by atoms with E-state index >= 15 is 0 Å². The van der Waals surface area contributed by atoms with E-state index in [1.165, 1.54) is 30.6 Å². The fraction of sp³-hybridized carbons (Fsp3) is 0.0833. The van der Waals surface area contributed by atoms with Crippen LogP contribution >= 0.6 is 11.3 Å². The molecule has 0 fully saturated rings. The van der Waals surface area contributed by atoms with Crippen LogP contribution in [0.1, 0.15) is 0 Å². The van der Waals surface area contributed by atoms with Crippen molar-refractivity contribution in [2.75, 3.05) is 14.2 Å². The molecule has 0 aliphatic heterocycles. The molecule has 0 bridgehead atoms. The molecule has 0 unspecified atom stereocenters. The van der Waals surface area contributed by atoms with Gasteiger partial charge in [-0.2, -0.15) is 0 Å². The minimum absolute atomic E-state index is 0.0809. The number of hydrogen-bond donors (Lipinski definition) is 2. The van der Waals surface area contributed by atoms with Crippen LogP contribution < -0.4 is 9.47 Å². The zero-order valence-corrected chi connectivity index (χ0v) is 18.9. The van der Waals surface area contributed by atoms with E-state index in [2.05, 4.69) is 20.4 Å². The van der Waals surface area contributed by atoms with Gasteiger partial charge in [-0.1, -0.05) is 23.5 Å². The minimum Gasteiger partial charge on any atom is -0.508 e. The molecule has 34 heavy (non-hydrogen) atoms. The average Bonchev–Trinajstić information content (AvgIpc) is 3.55. The van der Waals surface area contributed by atoms with Gasteiger partial charge in [0, 0.05) is 17.2 Å². The Bertz CT molecular complexity index is 1460. The van der Waals surface area contributed by atoms with Crippen molar-refractivity contribution in [1.82, 2.24) is 20.4 Å². The number of ether oxygens (including phenoxy) is 2. The topological polar surface area (TPSA) is 124 Å². The van der Waals surface area contributed by atoms with Crippen LogP contribution in [0.3, 0.4) is 0 Å². The van der Waals surface area contributed by atoms with Crippen LogP contribution in [0.4, 0.5) is 0 Å². The first-order chi connectivity index (χ1) is 16.6. The molecule has 5 rings (SSSR count). The van der Waals surface area contributed by atoms with E-state index in [4.69, 9.17) is 13.9 Å². The number of hydrogen-bond acceptors (Lipinski definition) is 10. The summed E-state index contributed by atoms with van der Waals surface area (Å²) in [5.41, 5.74) is 2.73. The third-order valence-electron chi connectivity index (χ3n) is 5.08. The minimum atomic E-state index is 0.0809. The lowest BCUT2D eigenvalue weighted by Gasteiger charge is -2.05. The molecule has 0 aliphatic rings. The molecule has 2 N–H and O–H groups in total. The largest absolute Gasteiger partial charge is 0.508 e. The summed E-state index contributed by atoms with van der Waals surface area (Å²) in [6.07, 6.45) is 0. The standard InChI is InChI=1S/C24H18N4O5S/c1-31-16-8-10-19(30)18(12-16)24-28-27-23(34-24)14-5-3-13(4-6-14)21-25-26-22(33-21)17-9-7-15(29)11-20(17)32-2/h3-12,29-30H,1-2H3. The van der Waals surface area contributed by atoms with Crippen LogP contribution in [-0.2, 0) is 0 Å². The lowest BCUT2D eigenvalue weighted by Crippen LogP contribution is -1.87. The summed E-state index contributed by atoms with van der Waals surface area (Å²) >= 11 is 1.36. The van der Waals surface area contributed by atoms with Crippen molar-refractivity contribution < 1.29 is 24.1 Å². The van der Waals surface area contributed by atoms with Gasteiger partial charge in [0.05, 0.1) is 25.3 Å². The van der Waals surface area contributed by atoms with Gasteiger partial charge in [0.15, 0.2) is 5.01 Å². The molecule has 0 amide bonds. The molecule has 0 atom stereocenters. The lowest BCUT2D eigenvalue weighted by molar-refractivity contribution is 0.407. The second-order valence-electron chi connectivity index (χ2n) is 7.17. The summed E-state index contributed by atoms with van der Waals surface area (Å²) in [5.74, 6) is 1.87. The first-order valence-electron chi connectivity index (χ1n) is 10.1. The highest BCUT2D eigenvalue weighted by atomic mass is 32.1. The average molecular weight is 474 g/mol. The molecule has 5 aromatic rings. The normalized spacial score (nSPS) is 10.9. The number of aromatic hydroxyl groups is 2. The molecule has 0 saturated heterocycles. The highest BCUT2D eigenvalue weighted by molar-refractivity contribution is 7.18. The predicted octanol–water partition coefficient (Wildman–Crippen LogP) is 5.02. The number of aromatic nitrogens is 4. The molecule has 9 nitrogen and oxygen atoms in total. The summed E-state index contributed by atoms with van der Waals surface area (Å²) in [6, 6.07) is 17.1. The van der Waals surface area contributed by atoms with E-state index in [1.807, 2.05) is 24.3 Å². The van der Waals surface area contributed by atoms with E-state index in [9.17, 15) is 10.2 Å². The molecule has 0 spiro atoms. The SMILES string of the molecule is COc1ccc(O)c(-c2nnc(-c3ccc(-c4nnc(-c5ccc(O)cc5OC)o4)cc3)s2)c1. The number of phenolic OH excluding ortho intramolecular Hbond substituents is 2. The second-order valence-corrected chi connectivity index (χ2v) is 8.15. The Morgan fingerprint density at radius 1 is 0.706 bits per heavy atom. The van der Waals surface area contributed by atoms with Crippen LogP contribution in [0.15, 0.2) is 65.1 Å². The van der Waals surface area contributed by atoms with Gasteiger partial charge in [0.2, 0.25) is 5.89 Å². The highest BCUT2D eigenvalue weighted by Crippen LogP contribution is 2.37. The van der Waals surface area contributed by atoms with Crippen molar-refractivity contribution in [3.63, 3.8) is 0 Å². The molecule has 0 aliphatic carbocycles. The van der Waals surface area contributed by atoms with E-state index in [0.717, 1.165) is 11.1 Å². The van der Waals surface area contributed by atoms with Gasteiger partial charge in [0.1, 0.15) is 28.0 Å². The fourth-order valence-corrected chi connectivity index (χ4v) is 4.20. The Labute approximate surface area is 197 Å². The third kappa shape index (κ3) is 4.02. The maximum Gasteiger partial charge on any atom is 0.251 e. The summed E-state index contributed by atoms with van der Waals surface area (Å²) in [7, 11) is 3.07. The highest BCUT2D eigenvalue weighted by Gasteiger charge is 2.17. The van der Waals surface area contributed by atoms with Gasteiger partial charge >= 0.3 is 0 Å². The Morgan fingerprint density at radius 3 is 2.21 bits per heavy atom. The van der Waals surface area contributed by atoms with Crippen LogP contribution in [-0.4, -0.2) is 44.8 Å². The summed E-state index contributed by atoms with van der Waals surface area (Å²) in [5, 5.41) is 37.9. The Balaban J connectivity index is 1.40. The summed E-state index contributed by atoms with van der Waals surface area (Å²) in [4.78, 5) is 0. The van der Waals surface area contributed by atoms with Gasteiger partial charge in [-0.05, 0) is 42.5 Å². The number of phenols is 2. The van der Waals surface area contributed by atoms with Gasteiger partial charge in [0.25, 0.3) is 5.89 Å². The van der Waals surface area contributed by atoms with E-state index in [1.54, 1.807) is 31.4 Å². The molecular weight excluding hydrogens is 456 g/mol. The summed E-state index contributed by atoms with van der Waals surface area (Å²) in [6.45, 7) is 0. The Kier molecular flexibility index (Phi) is 5.56. The molecule has 0 radical (unpaired) electrons. The summed E-state index contributed by atoms with van der Waals surface area (Å²) < 4.78 is 16.4. The zero-order chi connectivity index (χ0) is 23.7. The molecule has 3 aromatic carbocycles. The maximum atomic E-state index is 10.2. The van der Waals surface area contributed by atoms with Crippen molar-refractivity contribution in [1.29, 1.82) is 0 Å². The Morgan fingerprint density at radius 2 is 1.44 bits per heavy atom. The molecule has 10 heteroatoms. The van der Waals surface area contributed by atoms with E-state index in [0.29, 0.717) is 38.5 Å². The molecule has 2 aromatic heterocycles. The van der Waals surface area contributed by atoms with Crippen LogP contribution in [0.5, 0.6) is 23.0 Å². The third-order valence-corrected chi connectivity index (χ3v) is 6.08. The molecule has 0 saturated carbocycles. The first-order valence-corrected chi connectivity index (χ1v) is 10.9. The number of nitrogens with zero attached hydrogens (tertiary/aromatic N) is 4. The number of benzene rings is 3. The first kappa shape index (κ1) is 21.4. The van der Waals surface area contributed by atoms with Crippen molar-refractivity contribution in [3.8, 4) is 67.0 Å². The van der Waals surface area contributed by atoms with Gasteiger partial charge < -0.3 is 24.1 Å². The van der Waals surface area contributed by atoms with Gasteiger partial charge in [-0.15, -0.1) is 20.4 Å². The smallest absolute Gasteiger partial charge is 0.251 e. The van der Waals surface area contributed by atoms with Gasteiger partial charge in [-0.3, -0.25) is 0 Å². The van der Waals surface area contributed by atoms with Gasteiger partial charge in [-0.25, -0.2) is 0 Å².